The fourth-order valence-electron chi connectivity index (χ4n) is 1.11. The molecule has 1 heterocycles. The molecule has 0 aliphatic rings. The van der Waals surface area contributed by atoms with Crippen LogP contribution in [0.3, 0.4) is 0 Å². The molecule has 0 aliphatic carbocycles. The van der Waals surface area contributed by atoms with Gasteiger partial charge >= 0.3 is 0 Å². The third-order valence-electron chi connectivity index (χ3n) is 1.89. The molecule has 1 rings (SSSR count). The largest absolute Gasteiger partial charge is 0.315 e. The van der Waals surface area contributed by atoms with Crippen molar-refractivity contribution >= 4 is 21.4 Å². The first-order valence-electron chi connectivity index (χ1n) is 5.19. The lowest BCUT2D eigenvalue weighted by atomic mass is 10.5. The fraction of sp³-hybridized carbons (Fsp3) is 0.667. The van der Waals surface area contributed by atoms with Crippen LogP contribution in [0.5, 0.6) is 0 Å². The monoisotopic (exact) mass is 263 g/mol. The zero-order valence-corrected chi connectivity index (χ0v) is 11.1. The van der Waals surface area contributed by atoms with E-state index in [4.69, 9.17) is 0 Å². The average molecular weight is 263 g/mol. The topological polar surface area (TPSA) is 71.1 Å². The molecule has 0 atom stereocenters. The van der Waals surface area contributed by atoms with Crippen molar-refractivity contribution in [2.75, 3.05) is 19.6 Å². The van der Waals surface area contributed by atoms with Gasteiger partial charge in [0.1, 0.15) is 0 Å². The van der Waals surface area contributed by atoms with Crippen LogP contribution >= 0.6 is 11.3 Å². The van der Waals surface area contributed by atoms with Gasteiger partial charge in [-0.25, -0.2) is 18.1 Å². The maximum atomic E-state index is 11.7. The van der Waals surface area contributed by atoms with E-state index in [0.29, 0.717) is 13.1 Å². The van der Waals surface area contributed by atoms with E-state index in [1.807, 2.05) is 0 Å². The van der Waals surface area contributed by atoms with E-state index in [-0.39, 0.29) is 4.21 Å². The first kappa shape index (κ1) is 13.6. The third kappa shape index (κ3) is 4.17. The van der Waals surface area contributed by atoms with Crippen LogP contribution in [0, 0.1) is 6.92 Å². The Hall–Kier alpha value is -0.500. The van der Waals surface area contributed by atoms with Crippen LogP contribution < -0.4 is 10.0 Å². The number of rotatable bonds is 7. The van der Waals surface area contributed by atoms with Gasteiger partial charge in [0.05, 0.1) is 11.2 Å². The molecule has 0 bridgehead atoms. The Bertz CT molecular complexity index is 414. The summed E-state index contributed by atoms with van der Waals surface area (Å²) >= 11 is 1.18. The zero-order valence-electron chi connectivity index (χ0n) is 9.49. The van der Waals surface area contributed by atoms with Gasteiger partial charge < -0.3 is 5.32 Å². The number of thiazole rings is 1. The zero-order chi connectivity index (χ0) is 12.0. The second kappa shape index (κ2) is 6.29. The molecule has 0 saturated heterocycles. The normalized spacial score (nSPS) is 11.9. The minimum Gasteiger partial charge on any atom is -0.315 e. The first-order chi connectivity index (χ1) is 7.56. The van der Waals surface area contributed by atoms with Crippen LogP contribution in [0.25, 0.3) is 0 Å². The van der Waals surface area contributed by atoms with Crippen LogP contribution in [0.2, 0.25) is 0 Å². The summed E-state index contributed by atoms with van der Waals surface area (Å²) in [6, 6.07) is 0. The molecule has 1 aromatic heterocycles. The van der Waals surface area contributed by atoms with Crippen LogP contribution in [0.1, 0.15) is 18.4 Å². The molecular formula is C9H17N3O2S2. The molecule has 0 aliphatic heterocycles. The summed E-state index contributed by atoms with van der Waals surface area (Å²) in [5.74, 6) is 0. The van der Waals surface area contributed by atoms with E-state index in [2.05, 4.69) is 21.9 Å². The molecule has 0 aromatic carbocycles. The lowest BCUT2D eigenvalue weighted by Gasteiger charge is -2.04. The molecule has 7 heteroatoms. The van der Waals surface area contributed by atoms with Gasteiger partial charge in [-0.3, -0.25) is 0 Å². The third-order valence-corrected chi connectivity index (χ3v) is 4.72. The first-order valence-corrected chi connectivity index (χ1v) is 7.49. The molecule has 0 spiro atoms. The van der Waals surface area contributed by atoms with E-state index < -0.39 is 10.0 Å². The highest BCUT2D eigenvalue weighted by Crippen LogP contribution is 2.16. The molecule has 2 N–H and O–H groups in total. The van der Waals surface area contributed by atoms with Gasteiger partial charge in [0.2, 0.25) is 0 Å². The second-order valence-electron chi connectivity index (χ2n) is 3.35. The highest BCUT2D eigenvalue weighted by Gasteiger charge is 2.15. The Morgan fingerprint density at radius 1 is 1.38 bits per heavy atom. The minimum atomic E-state index is -3.36. The van der Waals surface area contributed by atoms with Crippen molar-refractivity contribution in [2.24, 2.45) is 0 Å². The lowest BCUT2D eigenvalue weighted by molar-refractivity contribution is 0.577. The predicted molar refractivity (Wildman–Crippen MR) is 65.2 cm³/mol. The van der Waals surface area contributed by atoms with Crippen LogP contribution in [-0.4, -0.2) is 33.0 Å². The van der Waals surface area contributed by atoms with E-state index in [9.17, 15) is 8.42 Å². The fourth-order valence-corrected chi connectivity index (χ4v) is 3.30. The van der Waals surface area contributed by atoms with Crippen molar-refractivity contribution in [2.45, 2.75) is 24.5 Å². The van der Waals surface area contributed by atoms with Gasteiger partial charge in [0, 0.05) is 13.1 Å². The molecule has 0 amide bonds. The Morgan fingerprint density at radius 3 is 2.69 bits per heavy atom. The van der Waals surface area contributed by atoms with Crippen molar-refractivity contribution in [1.29, 1.82) is 0 Å². The molecular weight excluding hydrogens is 246 g/mol. The highest BCUT2D eigenvalue weighted by atomic mass is 32.2. The summed E-state index contributed by atoms with van der Waals surface area (Å²) in [7, 11) is -3.36. The SMILES string of the molecule is CCCNCCNS(=O)(=O)c1cnc(C)s1. The highest BCUT2D eigenvalue weighted by molar-refractivity contribution is 7.91. The lowest BCUT2D eigenvalue weighted by Crippen LogP contribution is -2.31. The molecule has 0 radical (unpaired) electrons. The summed E-state index contributed by atoms with van der Waals surface area (Å²) in [4.78, 5) is 3.92. The summed E-state index contributed by atoms with van der Waals surface area (Å²) in [5, 5.41) is 3.88. The number of hydrogen-bond acceptors (Lipinski definition) is 5. The van der Waals surface area contributed by atoms with E-state index >= 15 is 0 Å². The van der Waals surface area contributed by atoms with Crippen molar-refractivity contribution in [1.82, 2.24) is 15.0 Å². The van der Waals surface area contributed by atoms with Crippen molar-refractivity contribution in [3.63, 3.8) is 0 Å². The molecule has 0 fully saturated rings. The van der Waals surface area contributed by atoms with Gasteiger partial charge in [-0.2, -0.15) is 0 Å². The molecule has 0 unspecified atom stereocenters. The van der Waals surface area contributed by atoms with Gasteiger partial charge in [-0.05, 0) is 19.9 Å². The van der Waals surface area contributed by atoms with Crippen LogP contribution in [0.15, 0.2) is 10.4 Å². The summed E-state index contributed by atoms with van der Waals surface area (Å²) in [5.41, 5.74) is 0. The van der Waals surface area contributed by atoms with Gasteiger partial charge in [0.15, 0.2) is 4.21 Å². The maximum absolute atomic E-state index is 11.7. The summed E-state index contributed by atoms with van der Waals surface area (Å²) in [6.07, 6.45) is 2.43. The molecule has 5 nitrogen and oxygen atoms in total. The van der Waals surface area contributed by atoms with Crippen molar-refractivity contribution in [3.8, 4) is 0 Å². The number of sulfonamides is 1. The quantitative estimate of drug-likeness (QED) is 0.711. The number of aryl methyl sites for hydroxylation is 1. The van der Waals surface area contributed by atoms with Gasteiger partial charge in [-0.1, -0.05) is 6.92 Å². The number of aromatic nitrogens is 1. The molecule has 16 heavy (non-hydrogen) atoms. The van der Waals surface area contributed by atoms with E-state index in [1.54, 1.807) is 6.92 Å². The summed E-state index contributed by atoms with van der Waals surface area (Å²) in [6.45, 7) is 5.80. The second-order valence-corrected chi connectivity index (χ2v) is 6.57. The number of hydrogen-bond donors (Lipinski definition) is 2. The minimum absolute atomic E-state index is 0.278. The van der Waals surface area contributed by atoms with E-state index in [0.717, 1.165) is 18.0 Å². The molecule has 1 aromatic rings. The smallest absolute Gasteiger partial charge is 0.251 e. The number of nitrogens with zero attached hydrogens (tertiary/aromatic N) is 1. The van der Waals surface area contributed by atoms with E-state index in [1.165, 1.54) is 17.5 Å². The standard InChI is InChI=1S/C9H17N3O2S2/c1-3-4-10-5-6-12-16(13,14)9-7-11-8(2)15-9/h7,10,12H,3-6H2,1-2H3. The number of nitrogens with one attached hydrogen (secondary N) is 2. The molecule has 0 saturated carbocycles. The van der Waals surface area contributed by atoms with Crippen molar-refractivity contribution in [3.05, 3.63) is 11.2 Å². The molecule has 92 valence electrons. The Kier molecular flexibility index (Phi) is 5.33. The van der Waals surface area contributed by atoms with Gasteiger partial charge in [-0.15, -0.1) is 11.3 Å². The Balaban J connectivity index is 2.41. The van der Waals surface area contributed by atoms with Crippen molar-refractivity contribution < 1.29 is 8.42 Å². The summed E-state index contributed by atoms with van der Waals surface area (Å²) < 4.78 is 26.2. The average Bonchev–Trinajstić information content (AvgIpc) is 2.65. The van der Waals surface area contributed by atoms with Gasteiger partial charge in [0.25, 0.3) is 10.0 Å². The maximum Gasteiger partial charge on any atom is 0.251 e. The predicted octanol–water partition coefficient (Wildman–Crippen LogP) is 0.729. The van der Waals surface area contributed by atoms with Crippen LogP contribution in [-0.2, 0) is 10.0 Å². The van der Waals surface area contributed by atoms with Crippen LogP contribution in [0.4, 0.5) is 0 Å². The Morgan fingerprint density at radius 2 is 2.12 bits per heavy atom. The Labute approximate surface area is 100 Å².